The number of pyridine rings is 1. The minimum atomic E-state index is 1.02. The molecule has 0 bridgehead atoms. The maximum absolute atomic E-state index is 4.88. The third kappa shape index (κ3) is 2.73. The van der Waals surface area contributed by atoms with Gasteiger partial charge in [-0.1, -0.05) is 12.2 Å². The fourth-order valence-corrected chi connectivity index (χ4v) is 1.20. The van der Waals surface area contributed by atoms with Crippen LogP contribution in [0.4, 0.5) is 0 Å². The average molecular weight is 189 g/mol. The molecule has 1 aromatic heterocycles. The van der Waals surface area contributed by atoms with Crippen LogP contribution in [0.25, 0.3) is 12.2 Å². The van der Waals surface area contributed by atoms with Gasteiger partial charge in [0.1, 0.15) is 0 Å². The van der Waals surface area contributed by atoms with Crippen LogP contribution in [-0.4, -0.2) is 12.1 Å². The first kappa shape index (κ1) is 10.5. The van der Waals surface area contributed by atoms with Gasteiger partial charge in [-0.15, -0.1) is 0 Å². The molecular weight excluding hydrogens is 174 g/mol. The van der Waals surface area contributed by atoms with Gasteiger partial charge in [-0.05, 0) is 31.6 Å². The molecule has 0 spiro atoms. The van der Waals surface area contributed by atoms with Gasteiger partial charge in [0.25, 0.3) is 0 Å². The summed E-state index contributed by atoms with van der Waals surface area (Å²) in [7, 11) is 1.63. The van der Waals surface area contributed by atoms with Crippen LogP contribution < -0.4 is 0 Å². The van der Waals surface area contributed by atoms with Crippen LogP contribution in [0.2, 0.25) is 0 Å². The van der Waals surface area contributed by atoms with E-state index in [-0.39, 0.29) is 0 Å². The van der Waals surface area contributed by atoms with Gasteiger partial charge in [-0.3, -0.25) is 4.98 Å². The molecule has 2 heteroatoms. The van der Waals surface area contributed by atoms with E-state index < -0.39 is 0 Å². The summed E-state index contributed by atoms with van der Waals surface area (Å²) in [5.74, 6) is 0. The molecule has 14 heavy (non-hydrogen) atoms. The van der Waals surface area contributed by atoms with Crippen molar-refractivity contribution in [3.63, 3.8) is 0 Å². The van der Waals surface area contributed by atoms with Gasteiger partial charge in [0.15, 0.2) is 0 Å². The van der Waals surface area contributed by atoms with Crippen molar-refractivity contribution in [2.75, 3.05) is 7.11 Å². The van der Waals surface area contributed by atoms with E-state index in [4.69, 9.17) is 4.74 Å². The first-order valence-electron chi connectivity index (χ1n) is 4.56. The first-order valence-corrected chi connectivity index (χ1v) is 4.56. The van der Waals surface area contributed by atoms with E-state index in [2.05, 4.69) is 17.1 Å². The summed E-state index contributed by atoms with van der Waals surface area (Å²) in [4.78, 5) is 4.23. The number of aromatic nitrogens is 1. The molecule has 0 aliphatic rings. The van der Waals surface area contributed by atoms with E-state index in [1.807, 2.05) is 32.2 Å². The summed E-state index contributed by atoms with van der Waals surface area (Å²) in [5, 5.41) is 0. The SMILES string of the molecule is C/C=C\c1cc(C)ncc1/C=C/OC. The van der Waals surface area contributed by atoms with Crippen LogP contribution in [0.5, 0.6) is 0 Å². The second-order valence-electron chi connectivity index (χ2n) is 2.99. The van der Waals surface area contributed by atoms with Crippen LogP contribution in [-0.2, 0) is 4.74 Å². The largest absolute Gasteiger partial charge is 0.504 e. The second-order valence-corrected chi connectivity index (χ2v) is 2.99. The Morgan fingerprint density at radius 2 is 2.07 bits per heavy atom. The number of nitrogens with zero attached hydrogens (tertiary/aromatic N) is 1. The highest BCUT2D eigenvalue weighted by molar-refractivity contribution is 5.64. The van der Waals surface area contributed by atoms with E-state index in [0.29, 0.717) is 0 Å². The smallest absolute Gasteiger partial charge is 0.0831 e. The zero-order valence-corrected chi connectivity index (χ0v) is 8.82. The zero-order valence-electron chi connectivity index (χ0n) is 8.82. The van der Waals surface area contributed by atoms with E-state index in [0.717, 1.165) is 16.8 Å². The molecule has 0 unspecified atom stereocenters. The van der Waals surface area contributed by atoms with Crippen molar-refractivity contribution < 1.29 is 4.74 Å². The van der Waals surface area contributed by atoms with Crippen molar-refractivity contribution in [3.8, 4) is 0 Å². The molecule has 74 valence electrons. The monoisotopic (exact) mass is 189 g/mol. The molecule has 0 saturated heterocycles. The highest BCUT2D eigenvalue weighted by atomic mass is 16.5. The molecule has 0 aromatic carbocycles. The predicted octanol–water partition coefficient (Wildman–Crippen LogP) is 3.04. The van der Waals surface area contributed by atoms with Crippen LogP contribution in [0, 0.1) is 6.92 Å². The molecule has 0 saturated carbocycles. The summed E-state index contributed by atoms with van der Waals surface area (Å²) < 4.78 is 4.88. The standard InChI is InChI=1S/C12H15NO/c1-4-5-11-8-10(2)13-9-12(11)6-7-14-3/h4-9H,1-3H3/b5-4-,7-6+. The van der Waals surface area contributed by atoms with E-state index in [9.17, 15) is 0 Å². The minimum absolute atomic E-state index is 1.02. The molecule has 0 fully saturated rings. The Labute approximate surface area is 84.9 Å². The highest BCUT2D eigenvalue weighted by Gasteiger charge is 1.96. The Morgan fingerprint density at radius 1 is 1.29 bits per heavy atom. The van der Waals surface area contributed by atoms with Crippen molar-refractivity contribution in [3.05, 3.63) is 41.4 Å². The van der Waals surface area contributed by atoms with Crippen molar-refractivity contribution in [1.29, 1.82) is 0 Å². The molecule has 0 radical (unpaired) electrons. The van der Waals surface area contributed by atoms with Crippen LogP contribution in [0.15, 0.2) is 24.6 Å². The van der Waals surface area contributed by atoms with Crippen LogP contribution >= 0.6 is 0 Å². The number of hydrogen-bond donors (Lipinski definition) is 0. The van der Waals surface area contributed by atoms with Crippen molar-refractivity contribution in [1.82, 2.24) is 4.98 Å². The lowest BCUT2D eigenvalue weighted by Gasteiger charge is -2.01. The lowest BCUT2D eigenvalue weighted by molar-refractivity contribution is 0.341. The summed E-state index contributed by atoms with van der Waals surface area (Å²) >= 11 is 0. The third-order valence-corrected chi connectivity index (χ3v) is 1.83. The highest BCUT2D eigenvalue weighted by Crippen LogP contribution is 2.13. The fraction of sp³-hybridized carbons (Fsp3) is 0.250. The molecule has 2 nitrogen and oxygen atoms in total. The number of hydrogen-bond acceptors (Lipinski definition) is 2. The number of allylic oxidation sites excluding steroid dienone is 1. The summed E-state index contributed by atoms with van der Waals surface area (Å²) in [6.07, 6.45) is 9.48. The lowest BCUT2D eigenvalue weighted by Crippen LogP contribution is -1.87. The summed E-state index contributed by atoms with van der Waals surface area (Å²) in [5.41, 5.74) is 3.25. The minimum Gasteiger partial charge on any atom is -0.504 e. The van der Waals surface area contributed by atoms with Gasteiger partial charge < -0.3 is 4.74 Å². The first-order chi connectivity index (χ1) is 6.77. The number of ether oxygens (including phenoxy) is 1. The number of rotatable bonds is 3. The molecule has 0 atom stereocenters. The van der Waals surface area contributed by atoms with Gasteiger partial charge in [0.2, 0.25) is 0 Å². The molecule has 0 aliphatic carbocycles. The van der Waals surface area contributed by atoms with Crippen molar-refractivity contribution >= 4 is 12.2 Å². The van der Waals surface area contributed by atoms with Crippen molar-refractivity contribution in [2.45, 2.75) is 13.8 Å². The van der Waals surface area contributed by atoms with Crippen LogP contribution in [0.3, 0.4) is 0 Å². The Morgan fingerprint density at radius 3 is 2.71 bits per heavy atom. The summed E-state index contributed by atoms with van der Waals surface area (Å²) in [6, 6.07) is 2.05. The van der Waals surface area contributed by atoms with Gasteiger partial charge in [0, 0.05) is 17.5 Å². The van der Waals surface area contributed by atoms with E-state index >= 15 is 0 Å². The Hall–Kier alpha value is -1.57. The van der Waals surface area contributed by atoms with E-state index in [1.54, 1.807) is 13.4 Å². The maximum atomic E-state index is 4.88. The Bertz CT molecular complexity index is 353. The molecule has 1 aromatic rings. The number of methoxy groups -OCH3 is 1. The van der Waals surface area contributed by atoms with Crippen molar-refractivity contribution in [2.24, 2.45) is 0 Å². The van der Waals surface area contributed by atoms with Gasteiger partial charge in [-0.25, -0.2) is 0 Å². The van der Waals surface area contributed by atoms with Gasteiger partial charge in [-0.2, -0.15) is 0 Å². The molecule has 1 heterocycles. The van der Waals surface area contributed by atoms with Gasteiger partial charge >= 0.3 is 0 Å². The fourth-order valence-electron chi connectivity index (χ4n) is 1.20. The Balaban J connectivity index is 3.08. The summed E-state index contributed by atoms with van der Waals surface area (Å²) in [6.45, 7) is 3.98. The molecule has 1 rings (SSSR count). The average Bonchev–Trinajstić information content (AvgIpc) is 2.17. The quantitative estimate of drug-likeness (QED) is 0.682. The third-order valence-electron chi connectivity index (χ3n) is 1.83. The molecule has 0 amide bonds. The number of aryl methyl sites for hydroxylation is 1. The molecule has 0 N–H and O–H groups in total. The molecule has 0 aliphatic heterocycles. The van der Waals surface area contributed by atoms with E-state index in [1.165, 1.54) is 0 Å². The second kappa shape index (κ2) is 5.22. The van der Waals surface area contributed by atoms with Gasteiger partial charge in [0.05, 0.1) is 13.4 Å². The zero-order chi connectivity index (χ0) is 10.4. The topological polar surface area (TPSA) is 22.1 Å². The lowest BCUT2D eigenvalue weighted by atomic mass is 10.1. The normalized spacial score (nSPS) is 11.4. The van der Waals surface area contributed by atoms with Crippen LogP contribution in [0.1, 0.15) is 23.7 Å². The molecular formula is C12H15NO. The predicted molar refractivity (Wildman–Crippen MR) is 59.7 cm³/mol. The maximum Gasteiger partial charge on any atom is 0.0831 e. The Kier molecular flexibility index (Phi) is 3.92.